The number of hydrogen-bond acceptors (Lipinski definition) is 5. The van der Waals surface area contributed by atoms with E-state index in [1.807, 2.05) is 12.1 Å². The lowest BCUT2D eigenvalue weighted by atomic mass is 10.1. The topological polar surface area (TPSA) is 55.8 Å². The summed E-state index contributed by atoms with van der Waals surface area (Å²) >= 11 is 12.7. The molecule has 4 rings (SSSR count). The Hall–Kier alpha value is -3.00. The van der Waals surface area contributed by atoms with Gasteiger partial charge in [0, 0.05) is 15.6 Å². The second-order valence-corrected chi connectivity index (χ2v) is 9.13. The molecule has 0 spiro atoms. The molecule has 3 aromatic rings. The third kappa shape index (κ3) is 5.38. The number of amides is 2. The number of hydrogen-bond donors (Lipinski definition) is 0. The Morgan fingerprint density at radius 3 is 2.50 bits per heavy atom. The molecule has 0 unspecified atom stereocenters. The largest absolute Gasteiger partial charge is 0.493 e. The van der Waals surface area contributed by atoms with Crippen LogP contribution in [-0.4, -0.2) is 23.2 Å². The third-order valence-corrected chi connectivity index (χ3v) is 6.56. The molecule has 1 saturated heterocycles. The van der Waals surface area contributed by atoms with Crippen molar-refractivity contribution in [3.8, 4) is 11.5 Å². The van der Waals surface area contributed by atoms with E-state index in [1.54, 1.807) is 36.4 Å². The van der Waals surface area contributed by atoms with E-state index < -0.39 is 17.0 Å². The molecule has 0 atom stereocenters. The molecule has 9 heteroatoms. The van der Waals surface area contributed by atoms with Gasteiger partial charge in [-0.05, 0) is 65.4 Å². The van der Waals surface area contributed by atoms with Gasteiger partial charge < -0.3 is 9.47 Å². The summed E-state index contributed by atoms with van der Waals surface area (Å²) in [6, 6.07) is 16.7. The molecule has 0 aromatic heterocycles. The monoisotopic (exact) mass is 517 g/mol. The van der Waals surface area contributed by atoms with Crippen LogP contribution >= 0.6 is 35.0 Å². The first kappa shape index (κ1) is 24.1. The van der Waals surface area contributed by atoms with Crippen LogP contribution in [0.1, 0.15) is 16.7 Å². The van der Waals surface area contributed by atoms with Gasteiger partial charge >= 0.3 is 0 Å². The maximum absolute atomic E-state index is 14.1. The van der Waals surface area contributed by atoms with Crippen LogP contribution in [-0.2, 0) is 17.9 Å². The van der Waals surface area contributed by atoms with E-state index >= 15 is 0 Å². The van der Waals surface area contributed by atoms with E-state index in [1.165, 1.54) is 25.3 Å². The second kappa shape index (κ2) is 10.5. The van der Waals surface area contributed by atoms with Crippen molar-refractivity contribution in [2.24, 2.45) is 0 Å². The van der Waals surface area contributed by atoms with Crippen molar-refractivity contribution >= 4 is 52.2 Å². The summed E-state index contributed by atoms with van der Waals surface area (Å²) in [4.78, 5) is 26.5. The van der Waals surface area contributed by atoms with Crippen LogP contribution in [0.25, 0.3) is 6.08 Å². The molecule has 0 bridgehead atoms. The third-order valence-electron chi connectivity index (χ3n) is 5.04. The SMILES string of the molecule is COc1cc(C=C2SC(=O)N(Cc3c(F)cccc3Cl)C2=O)ccc1OCc1ccc(Cl)cc1. The van der Waals surface area contributed by atoms with E-state index in [0.717, 1.165) is 22.2 Å². The Kier molecular flexibility index (Phi) is 7.46. The van der Waals surface area contributed by atoms with Crippen molar-refractivity contribution in [1.82, 2.24) is 4.90 Å². The highest BCUT2D eigenvalue weighted by Gasteiger charge is 2.36. The second-order valence-electron chi connectivity index (χ2n) is 7.29. The van der Waals surface area contributed by atoms with Gasteiger partial charge in [0.25, 0.3) is 11.1 Å². The van der Waals surface area contributed by atoms with Gasteiger partial charge in [0.2, 0.25) is 0 Å². The Bertz CT molecular complexity index is 1260. The van der Waals surface area contributed by atoms with Crippen LogP contribution in [0.3, 0.4) is 0 Å². The molecule has 2 amide bonds. The van der Waals surface area contributed by atoms with Crippen molar-refractivity contribution in [2.75, 3.05) is 7.11 Å². The molecule has 1 fully saturated rings. The van der Waals surface area contributed by atoms with Crippen molar-refractivity contribution in [3.63, 3.8) is 0 Å². The van der Waals surface area contributed by atoms with Gasteiger partial charge in [0.1, 0.15) is 12.4 Å². The van der Waals surface area contributed by atoms with E-state index in [-0.39, 0.29) is 22.0 Å². The fraction of sp³-hybridized carbons (Fsp3) is 0.120. The molecule has 1 aliphatic rings. The van der Waals surface area contributed by atoms with Crippen molar-refractivity contribution in [3.05, 3.63) is 98.1 Å². The minimum absolute atomic E-state index is 0.0941. The molecule has 5 nitrogen and oxygen atoms in total. The van der Waals surface area contributed by atoms with Crippen LogP contribution < -0.4 is 9.47 Å². The lowest BCUT2D eigenvalue weighted by Crippen LogP contribution is -2.28. The van der Waals surface area contributed by atoms with Crippen molar-refractivity contribution < 1.29 is 23.5 Å². The van der Waals surface area contributed by atoms with E-state index in [0.29, 0.717) is 28.7 Å². The Morgan fingerprint density at radius 2 is 1.79 bits per heavy atom. The summed E-state index contributed by atoms with van der Waals surface area (Å²) in [5, 5.41) is 0.305. The molecule has 174 valence electrons. The summed E-state index contributed by atoms with van der Waals surface area (Å²) in [6.45, 7) is 0.0820. The summed E-state index contributed by atoms with van der Waals surface area (Å²) in [5.41, 5.74) is 1.68. The maximum Gasteiger partial charge on any atom is 0.293 e. The molecule has 1 aliphatic heterocycles. The molecule has 0 N–H and O–H groups in total. The van der Waals surface area contributed by atoms with E-state index in [4.69, 9.17) is 32.7 Å². The van der Waals surface area contributed by atoms with Gasteiger partial charge in [-0.25, -0.2) is 4.39 Å². The zero-order valence-corrected chi connectivity index (χ0v) is 20.2. The average molecular weight is 518 g/mol. The van der Waals surface area contributed by atoms with Crippen LogP contribution in [0, 0.1) is 5.82 Å². The van der Waals surface area contributed by atoms with Gasteiger partial charge in [0.15, 0.2) is 11.5 Å². The fourth-order valence-corrected chi connectivity index (χ4v) is 4.45. The first-order valence-electron chi connectivity index (χ1n) is 10.1. The quantitative estimate of drug-likeness (QED) is 0.317. The zero-order valence-electron chi connectivity index (χ0n) is 17.9. The number of benzene rings is 3. The maximum atomic E-state index is 14.1. The minimum atomic E-state index is -0.575. The average Bonchev–Trinajstić information content (AvgIpc) is 3.08. The highest BCUT2D eigenvalue weighted by atomic mass is 35.5. The molecule has 1 heterocycles. The van der Waals surface area contributed by atoms with Crippen LogP contribution in [0.2, 0.25) is 10.0 Å². The summed E-state index contributed by atoms with van der Waals surface area (Å²) in [7, 11) is 1.51. The fourth-order valence-electron chi connectivity index (χ4n) is 3.26. The molecular formula is C25H18Cl2FNO4S. The lowest BCUT2D eigenvalue weighted by molar-refractivity contribution is -0.123. The number of rotatable bonds is 7. The number of carbonyl (C=O) groups is 2. The number of thioether (sulfide) groups is 1. The van der Waals surface area contributed by atoms with Crippen molar-refractivity contribution in [2.45, 2.75) is 13.2 Å². The summed E-state index contributed by atoms with van der Waals surface area (Å²) in [5.74, 6) is -0.0946. The lowest BCUT2D eigenvalue weighted by Gasteiger charge is -2.14. The zero-order chi connectivity index (χ0) is 24.2. The molecule has 3 aromatic carbocycles. The number of carbonyl (C=O) groups excluding carboxylic acids is 2. The summed E-state index contributed by atoms with van der Waals surface area (Å²) < 4.78 is 25.4. The van der Waals surface area contributed by atoms with Gasteiger partial charge in [-0.2, -0.15) is 0 Å². The van der Waals surface area contributed by atoms with E-state index in [2.05, 4.69) is 0 Å². The highest BCUT2D eigenvalue weighted by Crippen LogP contribution is 2.36. The number of halogens is 3. The highest BCUT2D eigenvalue weighted by molar-refractivity contribution is 8.18. The Labute approximate surface area is 210 Å². The smallest absolute Gasteiger partial charge is 0.293 e. The molecular weight excluding hydrogens is 500 g/mol. The standard InChI is InChI=1S/C25H18Cl2FNO4S/c1-32-22-11-16(7-10-21(22)33-14-15-5-8-17(26)9-6-15)12-23-24(30)29(25(31)34-23)13-18-19(27)3-2-4-20(18)28/h2-12H,13-14H2,1H3. The number of nitrogens with zero attached hydrogens (tertiary/aromatic N) is 1. The molecule has 0 saturated carbocycles. The van der Waals surface area contributed by atoms with Gasteiger partial charge in [-0.3, -0.25) is 14.5 Å². The first-order valence-corrected chi connectivity index (χ1v) is 11.7. The van der Waals surface area contributed by atoms with Crippen LogP contribution in [0.5, 0.6) is 11.5 Å². The molecule has 34 heavy (non-hydrogen) atoms. The van der Waals surface area contributed by atoms with Gasteiger partial charge in [0.05, 0.1) is 18.6 Å². The Balaban J connectivity index is 1.50. The van der Waals surface area contributed by atoms with Gasteiger partial charge in [-0.15, -0.1) is 0 Å². The number of imide groups is 1. The molecule has 0 radical (unpaired) electrons. The van der Waals surface area contributed by atoms with Crippen molar-refractivity contribution in [1.29, 1.82) is 0 Å². The van der Waals surface area contributed by atoms with Gasteiger partial charge in [-0.1, -0.05) is 47.5 Å². The van der Waals surface area contributed by atoms with Crippen LogP contribution in [0.4, 0.5) is 9.18 Å². The number of methoxy groups -OCH3 is 1. The van der Waals surface area contributed by atoms with Crippen LogP contribution in [0.15, 0.2) is 65.6 Å². The Morgan fingerprint density at radius 1 is 1.03 bits per heavy atom. The predicted octanol–water partition coefficient (Wildman–Crippen LogP) is 6.96. The predicted molar refractivity (Wildman–Crippen MR) is 132 cm³/mol. The first-order chi connectivity index (χ1) is 16.4. The summed E-state index contributed by atoms with van der Waals surface area (Å²) in [6.07, 6.45) is 1.58. The van der Waals surface area contributed by atoms with E-state index in [9.17, 15) is 14.0 Å². The minimum Gasteiger partial charge on any atom is -0.493 e. The molecule has 0 aliphatic carbocycles. The normalized spacial score (nSPS) is 14.7. The number of ether oxygens (including phenoxy) is 2.